The molecule has 0 heterocycles. The average molecular weight is 264 g/mol. The average Bonchev–Trinajstić information content (AvgIpc) is 2.43. The van der Waals surface area contributed by atoms with Crippen molar-refractivity contribution < 1.29 is 19.4 Å². The minimum atomic E-state index is -0.365. The van der Waals surface area contributed by atoms with Gasteiger partial charge < -0.3 is 14.6 Å². The Morgan fingerprint density at radius 1 is 1.11 bits per heavy atom. The first kappa shape index (κ1) is 15.1. The van der Waals surface area contributed by atoms with Gasteiger partial charge in [0.05, 0.1) is 13.2 Å². The molecule has 4 heteroatoms. The number of aromatic hydroxyl groups is 1. The molecule has 0 aliphatic carbocycles. The van der Waals surface area contributed by atoms with Crippen LogP contribution in [0.1, 0.15) is 25.7 Å². The molecule has 1 rings (SSSR count). The minimum absolute atomic E-state index is 0.237. The van der Waals surface area contributed by atoms with Crippen molar-refractivity contribution in [2.45, 2.75) is 25.7 Å². The van der Waals surface area contributed by atoms with Crippen molar-refractivity contribution in [1.82, 2.24) is 0 Å². The number of phenols is 1. The molecule has 1 aromatic rings. The molecule has 1 N–H and O–H groups in total. The van der Waals surface area contributed by atoms with Gasteiger partial charge in [0.15, 0.2) is 0 Å². The molecule has 4 nitrogen and oxygen atoms in total. The fourth-order valence-corrected chi connectivity index (χ4v) is 1.52. The Bertz CT molecular complexity index is 384. The van der Waals surface area contributed by atoms with Crippen molar-refractivity contribution in [3.05, 3.63) is 36.9 Å². The summed E-state index contributed by atoms with van der Waals surface area (Å²) >= 11 is 0. The Morgan fingerprint density at radius 3 is 2.37 bits per heavy atom. The molecular weight excluding hydrogens is 244 g/mol. The van der Waals surface area contributed by atoms with Crippen LogP contribution in [0, 0.1) is 0 Å². The Kier molecular flexibility index (Phi) is 7.17. The number of unbranched alkanes of at least 4 members (excludes halogenated alkanes) is 3. The topological polar surface area (TPSA) is 55.8 Å². The van der Waals surface area contributed by atoms with Crippen molar-refractivity contribution in [3.63, 3.8) is 0 Å². The van der Waals surface area contributed by atoms with Gasteiger partial charge in [0.2, 0.25) is 0 Å². The van der Waals surface area contributed by atoms with Gasteiger partial charge in [-0.3, -0.25) is 0 Å². The van der Waals surface area contributed by atoms with Gasteiger partial charge in [0.25, 0.3) is 0 Å². The van der Waals surface area contributed by atoms with E-state index in [2.05, 4.69) is 6.58 Å². The maximum atomic E-state index is 10.7. The van der Waals surface area contributed by atoms with E-state index in [-0.39, 0.29) is 11.7 Å². The molecule has 104 valence electrons. The Morgan fingerprint density at radius 2 is 1.74 bits per heavy atom. The van der Waals surface area contributed by atoms with E-state index in [0.29, 0.717) is 13.2 Å². The van der Waals surface area contributed by atoms with Gasteiger partial charge in [0.1, 0.15) is 11.5 Å². The van der Waals surface area contributed by atoms with Crippen molar-refractivity contribution >= 4 is 5.97 Å². The third-order valence-corrected chi connectivity index (χ3v) is 2.56. The van der Waals surface area contributed by atoms with Gasteiger partial charge in [-0.05, 0) is 49.9 Å². The Hall–Kier alpha value is -1.97. The molecule has 0 unspecified atom stereocenters. The lowest BCUT2D eigenvalue weighted by molar-refractivity contribution is -0.137. The second kappa shape index (κ2) is 9.03. The lowest BCUT2D eigenvalue weighted by atomic mass is 10.2. The lowest BCUT2D eigenvalue weighted by Crippen LogP contribution is -2.02. The zero-order valence-corrected chi connectivity index (χ0v) is 11.0. The Balaban J connectivity index is 1.95. The van der Waals surface area contributed by atoms with Crippen molar-refractivity contribution in [2.24, 2.45) is 0 Å². The summed E-state index contributed by atoms with van der Waals surface area (Å²) in [6.07, 6.45) is 5.02. The summed E-state index contributed by atoms with van der Waals surface area (Å²) in [5.41, 5.74) is 0. The van der Waals surface area contributed by atoms with Crippen LogP contribution in [0.5, 0.6) is 11.5 Å². The fraction of sp³-hybridized carbons (Fsp3) is 0.400. The van der Waals surface area contributed by atoms with Gasteiger partial charge in [-0.15, -0.1) is 0 Å². The standard InChI is InChI=1S/C15H20O4/c1-2-15(17)19-12-6-4-3-5-11-18-14-9-7-13(16)8-10-14/h2,7-10,16H,1,3-6,11-12H2. The van der Waals surface area contributed by atoms with E-state index >= 15 is 0 Å². The van der Waals surface area contributed by atoms with E-state index in [0.717, 1.165) is 31.4 Å². The zero-order chi connectivity index (χ0) is 13.9. The number of esters is 1. The van der Waals surface area contributed by atoms with Crippen LogP contribution >= 0.6 is 0 Å². The number of carbonyl (C=O) groups is 1. The normalized spacial score (nSPS) is 9.89. The van der Waals surface area contributed by atoms with Crippen LogP contribution in [0.25, 0.3) is 0 Å². The first-order valence-electron chi connectivity index (χ1n) is 6.43. The SMILES string of the molecule is C=CC(=O)OCCCCCCOc1ccc(O)cc1. The molecule has 1 aromatic carbocycles. The lowest BCUT2D eigenvalue weighted by Gasteiger charge is -2.06. The van der Waals surface area contributed by atoms with E-state index < -0.39 is 0 Å². The maximum Gasteiger partial charge on any atom is 0.330 e. The van der Waals surface area contributed by atoms with Crippen LogP contribution in [0.3, 0.4) is 0 Å². The summed E-state index contributed by atoms with van der Waals surface area (Å²) in [5.74, 6) is 0.634. The highest BCUT2D eigenvalue weighted by Crippen LogP contribution is 2.16. The third-order valence-electron chi connectivity index (χ3n) is 2.56. The molecule has 0 fully saturated rings. The predicted octanol–water partition coefficient (Wildman–Crippen LogP) is 3.06. The second-order valence-electron chi connectivity index (χ2n) is 4.13. The summed E-state index contributed by atoms with van der Waals surface area (Å²) < 4.78 is 10.4. The second-order valence-corrected chi connectivity index (χ2v) is 4.13. The third kappa shape index (κ3) is 7.13. The molecule has 0 aromatic heterocycles. The minimum Gasteiger partial charge on any atom is -0.508 e. The molecule has 0 radical (unpaired) electrons. The van der Waals surface area contributed by atoms with Gasteiger partial charge >= 0.3 is 5.97 Å². The van der Waals surface area contributed by atoms with Gasteiger partial charge in [-0.2, -0.15) is 0 Å². The molecule has 0 aliphatic heterocycles. The van der Waals surface area contributed by atoms with Crippen molar-refractivity contribution in [1.29, 1.82) is 0 Å². The zero-order valence-electron chi connectivity index (χ0n) is 11.0. The highest BCUT2D eigenvalue weighted by Gasteiger charge is 1.97. The molecule has 0 amide bonds. The summed E-state index contributed by atoms with van der Waals surface area (Å²) in [5, 5.41) is 9.11. The molecule has 0 saturated carbocycles. The number of phenolic OH excluding ortho intramolecular Hbond substituents is 1. The number of rotatable bonds is 9. The number of ether oxygens (including phenoxy) is 2. The highest BCUT2D eigenvalue weighted by atomic mass is 16.5. The first-order valence-corrected chi connectivity index (χ1v) is 6.43. The molecule has 0 atom stereocenters. The summed E-state index contributed by atoms with van der Waals surface area (Å²) in [4.78, 5) is 10.7. The predicted molar refractivity (Wildman–Crippen MR) is 73.2 cm³/mol. The van der Waals surface area contributed by atoms with Crippen LogP contribution in [0.4, 0.5) is 0 Å². The summed E-state index contributed by atoms with van der Waals surface area (Å²) in [6.45, 7) is 4.43. The number of hydrogen-bond acceptors (Lipinski definition) is 4. The number of carbonyl (C=O) groups excluding carboxylic acids is 1. The van der Waals surface area contributed by atoms with E-state index in [1.165, 1.54) is 6.08 Å². The van der Waals surface area contributed by atoms with Crippen molar-refractivity contribution in [3.8, 4) is 11.5 Å². The van der Waals surface area contributed by atoms with Crippen LogP contribution in [-0.2, 0) is 9.53 Å². The highest BCUT2D eigenvalue weighted by molar-refractivity contribution is 5.81. The van der Waals surface area contributed by atoms with Gasteiger partial charge in [-0.25, -0.2) is 4.79 Å². The summed E-state index contributed by atoms with van der Waals surface area (Å²) in [6, 6.07) is 6.68. The van der Waals surface area contributed by atoms with Crippen LogP contribution < -0.4 is 4.74 Å². The number of hydrogen-bond donors (Lipinski definition) is 1. The van der Waals surface area contributed by atoms with E-state index in [1.807, 2.05) is 0 Å². The molecule has 0 bridgehead atoms. The molecule has 0 spiro atoms. The fourth-order valence-electron chi connectivity index (χ4n) is 1.52. The van der Waals surface area contributed by atoms with E-state index in [9.17, 15) is 4.79 Å². The monoisotopic (exact) mass is 264 g/mol. The van der Waals surface area contributed by atoms with E-state index in [1.54, 1.807) is 24.3 Å². The van der Waals surface area contributed by atoms with Gasteiger partial charge in [-0.1, -0.05) is 6.58 Å². The largest absolute Gasteiger partial charge is 0.508 e. The van der Waals surface area contributed by atoms with Crippen LogP contribution in [0.2, 0.25) is 0 Å². The maximum absolute atomic E-state index is 10.7. The molecular formula is C15H20O4. The molecule has 0 aliphatic rings. The van der Waals surface area contributed by atoms with Crippen molar-refractivity contribution in [2.75, 3.05) is 13.2 Å². The molecule has 19 heavy (non-hydrogen) atoms. The smallest absolute Gasteiger partial charge is 0.330 e. The number of benzene rings is 1. The van der Waals surface area contributed by atoms with Crippen LogP contribution in [-0.4, -0.2) is 24.3 Å². The molecule has 0 saturated heterocycles. The Labute approximate surface area is 113 Å². The van der Waals surface area contributed by atoms with Crippen LogP contribution in [0.15, 0.2) is 36.9 Å². The summed E-state index contributed by atoms with van der Waals surface area (Å²) in [7, 11) is 0. The first-order chi connectivity index (χ1) is 9.22. The quantitative estimate of drug-likeness (QED) is 0.423. The van der Waals surface area contributed by atoms with E-state index in [4.69, 9.17) is 14.6 Å². The van der Waals surface area contributed by atoms with Gasteiger partial charge in [0, 0.05) is 6.08 Å².